The van der Waals surface area contributed by atoms with Gasteiger partial charge in [-0.1, -0.05) is 40.0 Å². The molecule has 1 aliphatic carbocycles. The van der Waals surface area contributed by atoms with Gasteiger partial charge in [-0.15, -0.1) is 12.4 Å². The quantitative estimate of drug-likeness (QED) is 0.821. The summed E-state index contributed by atoms with van der Waals surface area (Å²) < 4.78 is 6.04. The summed E-state index contributed by atoms with van der Waals surface area (Å²) in [5.41, 5.74) is 6.37. The monoisotopic (exact) mass is 400 g/mol. The number of nitrogens with zero attached hydrogens (tertiary/aromatic N) is 2. The summed E-state index contributed by atoms with van der Waals surface area (Å²) >= 11 is 3.34. The zero-order valence-electron chi connectivity index (χ0n) is 12.4. The van der Waals surface area contributed by atoms with Crippen LogP contribution in [0.1, 0.15) is 47.8 Å². The Hall–Kier alpha value is -1.44. The lowest BCUT2D eigenvalue weighted by Gasteiger charge is -2.17. The first-order valence-corrected chi connectivity index (χ1v) is 8.02. The fraction of sp³-hybridized carbons (Fsp3) is 0.400. The van der Waals surface area contributed by atoms with Crippen LogP contribution in [0.3, 0.4) is 0 Å². The van der Waals surface area contributed by atoms with E-state index in [1.807, 2.05) is 12.1 Å². The van der Waals surface area contributed by atoms with E-state index in [2.05, 4.69) is 31.4 Å². The molecule has 6 nitrogen and oxygen atoms in total. The van der Waals surface area contributed by atoms with Crippen molar-refractivity contribution in [2.75, 3.05) is 0 Å². The molecule has 0 aliphatic heterocycles. The minimum absolute atomic E-state index is 0. The highest BCUT2D eigenvalue weighted by atomic mass is 79.9. The topological polar surface area (TPSA) is 94.0 Å². The molecule has 1 fully saturated rings. The van der Waals surface area contributed by atoms with Crippen LogP contribution in [0.5, 0.6) is 0 Å². The lowest BCUT2D eigenvalue weighted by atomic mass is 9.99. The molecule has 0 radical (unpaired) electrons. The van der Waals surface area contributed by atoms with Gasteiger partial charge in [-0.25, -0.2) is 0 Å². The molecule has 1 amide bonds. The minimum Gasteiger partial charge on any atom is -0.343 e. The van der Waals surface area contributed by atoms with Gasteiger partial charge >= 0.3 is 0 Å². The smallest absolute Gasteiger partial charge is 0.251 e. The Kier molecular flexibility index (Phi) is 5.78. The van der Waals surface area contributed by atoms with Crippen LogP contribution in [-0.2, 0) is 12.1 Å². The van der Waals surface area contributed by atoms with E-state index < -0.39 is 5.54 Å². The summed E-state index contributed by atoms with van der Waals surface area (Å²) in [5.74, 6) is 0.719. The number of rotatable bonds is 4. The summed E-state index contributed by atoms with van der Waals surface area (Å²) in [7, 11) is 0. The van der Waals surface area contributed by atoms with Crippen molar-refractivity contribution >= 4 is 34.2 Å². The van der Waals surface area contributed by atoms with Crippen molar-refractivity contribution in [3.8, 4) is 0 Å². The van der Waals surface area contributed by atoms with Crippen LogP contribution < -0.4 is 11.1 Å². The number of carbonyl (C=O) groups excluding carboxylic acids is 1. The lowest BCUT2D eigenvalue weighted by molar-refractivity contribution is 0.0946. The Balaban J connectivity index is 0.00000192. The maximum atomic E-state index is 12.0. The summed E-state index contributed by atoms with van der Waals surface area (Å²) in [4.78, 5) is 16.4. The third-order valence-corrected chi connectivity index (χ3v) is 4.39. The van der Waals surface area contributed by atoms with Crippen LogP contribution in [-0.4, -0.2) is 16.0 Å². The standard InChI is InChI=1S/C15H17BrN4O2.ClH/c16-11-5-3-4-10(8-11)13(21)18-9-12-19-14(20-22-12)15(17)6-1-2-7-15;/h3-5,8H,1-2,6-7,9,17H2,(H,18,21);1H. The molecular formula is C15H18BrClN4O2. The third-order valence-electron chi connectivity index (χ3n) is 3.90. The first kappa shape index (κ1) is 17.9. The Bertz CT molecular complexity index is 686. The van der Waals surface area contributed by atoms with E-state index in [-0.39, 0.29) is 24.9 Å². The van der Waals surface area contributed by atoms with Crippen LogP contribution in [0, 0.1) is 0 Å². The second kappa shape index (κ2) is 7.42. The molecule has 3 rings (SSSR count). The average Bonchev–Trinajstić information content (AvgIpc) is 3.14. The Morgan fingerprint density at radius 2 is 2.13 bits per heavy atom. The molecule has 23 heavy (non-hydrogen) atoms. The van der Waals surface area contributed by atoms with E-state index in [1.165, 1.54) is 0 Å². The zero-order valence-corrected chi connectivity index (χ0v) is 14.8. The average molecular weight is 402 g/mol. The number of amides is 1. The first-order chi connectivity index (χ1) is 10.6. The molecule has 1 aliphatic rings. The normalized spacial score (nSPS) is 15.9. The van der Waals surface area contributed by atoms with Crippen molar-refractivity contribution in [2.45, 2.75) is 37.8 Å². The molecule has 8 heteroatoms. The highest BCUT2D eigenvalue weighted by Gasteiger charge is 2.35. The van der Waals surface area contributed by atoms with Crippen LogP contribution in [0.25, 0.3) is 0 Å². The molecule has 1 heterocycles. The number of benzene rings is 1. The van der Waals surface area contributed by atoms with Gasteiger partial charge in [0.1, 0.15) is 0 Å². The third kappa shape index (κ3) is 4.10. The summed E-state index contributed by atoms with van der Waals surface area (Å²) in [6.07, 6.45) is 3.91. The van der Waals surface area contributed by atoms with E-state index >= 15 is 0 Å². The van der Waals surface area contributed by atoms with Crippen molar-refractivity contribution in [3.05, 3.63) is 46.0 Å². The van der Waals surface area contributed by atoms with Gasteiger partial charge < -0.3 is 15.6 Å². The summed E-state index contributed by atoms with van der Waals surface area (Å²) in [6.45, 7) is 0.189. The van der Waals surface area contributed by atoms with E-state index in [0.29, 0.717) is 17.3 Å². The number of carbonyl (C=O) groups is 1. The van der Waals surface area contributed by atoms with Gasteiger partial charge in [-0.05, 0) is 31.0 Å². The van der Waals surface area contributed by atoms with Gasteiger partial charge in [-0.3, -0.25) is 4.79 Å². The molecule has 3 N–H and O–H groups in total. The lowest BCUT2D eigenvalue weighted by Crippen LogP contribution is -2.34. The first-order valence-electron chi connectivity index (χ1n) is 7.22. The number of hydrogen-bond acceptors (Lipinski definition) is 5. The summed E-state index contributed by atoms with van der Waals surface area (Å²) in [6, 6.07) is 7.17. The predicted molar refractivity (Wildman–Crippen MR) is 91.2 cm³/mol. The van der Waals surface area contributed by atoms with E-state index in [1.54, 1.807) is 12.1 Å². The number of halogens is 2. The number of nitrogens with one attached hydrogen (secondary N) is 1. The van der Waals surface area contributed by atoms with Crippen molar-refractivity contribution in [1.29, 1.82) is 0 Å². The van der Waals surface area contributed by atoms with Gasteiger partial charge in [0.2, 0.25) is 5.89 Å². The number of hydrogen-bond donors (Lipinski definition) is 2. The Morgan fingerprint density at radius 1 is 1.39 bits per heavy atom. The van der Waals surface area contributed by atoms with Crippen molar-refractivity contribution in [3.63, 3.8) is 0 Å². The molecule has 0 spiro atoms. The second-order valence-corrected chi connectivity index (χ2v) is 6.48. The summed E-state index contributed by atoms with van der Waals surface area (Å²) in [5, 5.41) is 6.73. The molecule has 0 saturated heterocycles. The fourth-order valence-electron chi connectivity index (χ4n) is 2.65. The SMILES string of the molecule is Cl.NC1(c2noc(CNC(=O)c3cccc(Br)c3)n2)CCCC1. The predicted octanol–water partition coefficient (Wildman–Crippen LogP) is 2.91. The Labute approximate surface area is 148 Å². The van der Waals surface area contributed by atoms with Crippen LogP contribution in [0.15, 0.2) is 33.3 Å². The van der Waals surface area contributed by atoms with Gasteiger partial charge in [-0.2, -0.15) is 4.98 Å². The van der Waals surface area contributed by atoms with Crippen molar-refractivity contribution in [1.82, 2.24) is 15.5 Å². The molecular weight excluding hydrogens is 384 g/mol. The van der Waals surface area contributed by atoms with Gasteiger partial charge in [0.05, 0.1) is 12.1 Å². The molecule has 124 valence electrons. The molecule has 1 saturated carbocycles. The van der Waals surface area contributed by atoms with Crippen LogP contribution in [0.2, 0.25) is 0 Å². The van der Waals surface area contributed by atoms with Crippen LogP contribution >= 0.6 is 28.3 Å². The Morgan fingerprint density at radius 3 is 2.83 bits per heavy atom. The number of aromatic nitrogens is 2. The van der Waals surface area contributed by atoms with Gasteiger partial charge in [0.15, 0.2) is 5.82 Å². The highest BCUT2D eigenvalue weighted by molar-refractivity contribution is 9.10. The maximum Gasteiger partial charge on any atom is 0.251 e. The van der Waals surface area contributed by atoms with Gasteiger partial charge in [0, 0.05) is 10.0 Å². The highest BCUT2D eigenvalue weighted by Crippen LogP contribution is 2.34. The second-order valence-electron chi connectivity index (χ2n) is 5.57. The molecule has 0 bridgehead atoms. The molecule has 1 aromatic carbocycles. The van der Waals surface area contributed by atoms with Crippen molar-refractivity contribution < 1.29 is 9.32 Å². The van der Waals surface area contributed by atoms with Crippen LogP contribution in [0.4, 0.5) is 0 Å². The van der Waals surface area contributed by atoms with Crippen molar-refractivity contribution in [2.24, 2.45) is 5.73 Å². The maximum absolute atomic E-state index is 12.0. The largest absolute Gasteiger partial charge is 0.343 e. The molecule has 0 atom stereocenters. The fourth-order valence-corrected chi connectivity index (χ4v) is 3.05. The van der Waals surface area contributed by atoms with E-state index in [9.17, 15) is 4.79 Å². The number of nitrogens with two attached hydrogens (primary N) is 1. The molecule has 0 unspecified atom stereocenters. The van der Waals surface area contributed by atoms with E-state index in [0.717, 1.165) is 30.2 Å². The minimum atomic E-state index is -0.476. The van der Waals surface area contributed by atoms with Gasteiger partial charge in [0.25, 0.3) is 5.91 Å². The molecule has 1 aromatic heterocycles. The molecule has 2 aromatic rings. The van der Waals surface area contributed by atoms with E-state index in [4.69, 9.17) is 10.3 Å². The zero-order chi connectivity index (χ0) is 15.6.